The van der Waals surface area contributed by atoms with E-state index >= 15 is 0 Å². The largest absolute Gasteiger partial charge is 0.398 e. The van der Waals surface area contributed by atoms with Gasteiger partial charge in [-0.3, -0.25) is 4.79 Å². The van der Waals surface area contributed by atoms with Crippen LogP contribution in [0.4, 0.5) is 14.5 Å². The van der Waals surface area contributed by atoms with Gasteiger partial charge in [0.1, 0.15) is 0 Å². The van der Waals surface area contributed by atoms with Crippen LogP contribution in [0, 0.1) is 0 Å². The number of halogens is 4. The summed E-state index contributed by atoms with van der Waals surface area (Å²) in [5, 5.41) is -3.82. The van der Waals surface area contributed by atoms with E-state index in [4.69, 9.17) is 17.3 Å². The first-order valence-electron chi connectivity index (χ1n) is 3.49. The Bertz CT molecular complexity index is 376. The van der Waals surface area contributed by atoms with E-state index in [1.165, 1.54) is 12.1 Å². The Hall–Kier alpha value is -0.870. The smallest absolute Gasteiger partial charge is 0.385 e. The zero-order valence-electron chi connectivity index (χ0n) is 6.73. The van der Waals surface area contributed by atoms with Gasteiger partial charge in [-0.05, 0) is 29.8 Å². The van der Waals surface area contributed by atoms with Crippen LogP contribution >= 0.6 is 23.2 Å². The Morgan fingerprint density at radius 2 is 2.00 bits per heavy atom. The molecule has 6 heteroatoms. The number of ketones is 1. The number of rotatable bonds is 2. The Balaban J connectivity index is 3.19. The highest BCUT2D eigenvalue weighted by Gasteiger charge is 2.37. The summed E-state index contributed by atoms with van der Waals surface area (Å²) >= 11 is 10.1. The first-order chi connectivity index (χ1) is 6.32. The summed E-state index contributed by atoms with van der Waals surface area (Å²) < 4.78 is 24.9. The van der Waals surface area contributed by atoms with Gasteiger partial charge in [-0.25, -0.2) is 0 Å². The molecule has 0 atom stereocenters. The topological polar surface area (TPSA) is 43.1 Å². The van der Waals surface area contributed by atoms with Crippen molar-refractivity contribution in [2.75, 3.05) is 5.73 Å². The van der Waals surface area contributed by atoms with E-state index in [-0.39, 0.29) is 16.3 Å². The first-order valence-corrected chi connectivity index (χ1v) is 4.24. The fourth-order valence-electron chi connectivity index (χ4n) is 0.878. The van der Waals surface area contributed by atoms with E-state index in [1.54, 1.807) is 0 Å². The van der Waals surface area contributed by atoms with Gasteiger partial charge < -0.3 is 5.73 Å². The molecule has 0 fully saturated rings. The molecular weight excluding hydrogens is 235 g/mol. The van der Waals surface area contributed by atoms with E-state index in [0.717, 1.165) is 6.07 Å². The summed E-state index contributed by atoms with van der Waals surface area (Å²) in [6.07, 6.45) is 0. The second-order valence-electron chi connectivity index (χ2n) is 2.56. The number of hydrogen-bond donors (Lipinski definition) is 1. The number of anilines is 1. The fraction of sp³-hybridized carbons (Fsp3) is 0.125. The van der Waals surface area contributed by atoms with E-state index in [2.05, 4.69) is 11.6 Å². The average molecular weight is 240 g/mol. The van der Waals surface area contributed by atoms with Gasteiger partial charge in [0.15, 0.2) is 0 Å². The molecule has 0 radical (unpaired) electrons. The molecule has 0 saturated carbocycles. The Labute approximate surface area is 88.6 Å². The standard InChI is InChI=1S/C8H5Cl2F2NO/c9-4-1-2-6(13)5(3-4)7(14)8(10,11)12/h1-3H,13H2. The number of carbonyl (C=O) groups excluding carboxylic acids is 1. The van der Waals surface area contributed by atoms with Gasteiger partial charge in [-0.15, -0.1) is 0 Å². The van der Waals surface area contributed by atoms with E-state index in [0.29, 0.717) is 0 Å². The minimum Gasteiger partial charge on any atom is -0.398 e. The number of nitrogen functional groups attached to an aromatic ring is 1. The number of Topliss-reactive ketones (excluding diaryl/α,β-unsaturated/α-hetero) is 1. The van der Waals surface area contributed by atoms with E-state index < -0.39 is 11.2 Å². The summed E-state index contributed by atoms with van der Waals surface area (Å²) in [7, 11) is 0. The molecule has 1 rings (SSSR count). The highest BCUT2D eigenvalue weighted by molar-refractivity contribution is 6.36. The van der Waals surface area contributed by atoms with Gasteiger partial charge >= 0.3 is 5.38 Å². The number of alkyl halides is 3. The molecule has 0 amide bonds. The Kier molecular flexibility index (Phi) is 2.97. The van der Waals surface area contributed by atoms with Crippen LogP contribution in [0.5, 0.6) is 0 Å². The molecule has 0 bridgehead atoms. The van der Waals surface area contributed by atoms with Crippen molar-refractivity contribution in [3.63, 3.8) is 0 Å². The van der Waals surface area contributed by atoms with Crippen LogP contribution in [0.25, 0.3) is 0 Å². The van der Waals surface area contributed by atoms with Gasteiger partial charge in [-0.2, -0.15) is 8.78 Å². The molecule has 14 heavy (non-hydrogen) atoms. The summed E-state index contributed by atoms with van der Waals surface area (Å²) in [6, 6.07) is 3.70. The molecule has 0 aliphatic rings. The third kappa shape index (κ3) is 2.33. The Morgan fingerprint density at radius 3 is 2.50 bits per heavy atom. The van der Waals surface area contributed by atoms with Crippen molar-refractivity contribution >= 4 is 34.7 Å². The monoisotopic (exact) mass is 239 g/mol. The van der Waals surface area contributed by atoms with Gasteiger partial charge in [0, 0.05) is 16.3 Å². The number of nitrogens with two attached hydrogens (primary N) is 1. The maximum atomic E-state index is 12.4. The van der Waals surface area contributed by atoms with Crippen LogP contribution < -0.4 is 5.73 Å². The molecule has 0 aliphatic heterocycles. The molecule has 0 spiro atoms. The highest BCUT2D eigenvalue weighted by atomic mass is 35.5. The van der Waals surface area contributed by atoms with Gasteiger partial charge in [0.25, 0.3) is 0 Å². The summed E-state index contributed by atoms with van der Waals surface area (Å²) in [4.78, 5) is 11.0. The molecule has 1 aromatic rings. The normalized spacial score (nSPS) is 11.4. The predicted octanol–water partition coefficient (Wildman–Crippen LogP) is 2.94. The molecule has 2 N–H and O–H groups in total. The summed E-state index contributed by atoms with van der Waals surface area (Å²) in [5.41, 5.74) is 4.85. The molecule has 76 valence electrons. The van der Waals surface area contributed by atoms with Crippen molar-refractivity contribution in [2.45, 2.75) is 5.38 Å². The van der Waals surface area contributed by atoms with Gasteiger partial charge in [0.2, 0.25) is 5.78 Å². The van der Waals surface area contributed by atoms with Crippen LogP contribution in [0.3, 0.4) is 0 Å². The van der Waals surface area contributed by atoms with Crippen molar-refractivity contribution in [2.24, 2.45) is 0 Å². The number of benzene rings is 1. The number of hydrogen-bond acceptors (Lipinski definition) is 2. The lowest BCUT2D eigenvalue weighted by Crippen LogP contribution is -2.22. The van der Waals surface area contributed by atoms with Crippen molar-refractivity contribution in [3.05, 3.63) is 28.8 Å². The zero-order valence-corrected chi connectivity index (χ0v) is 8.24. The van der Waals surface area contributed by atoms with Crippen LogP contribution in [-0.2, 0) is 0 Å². The van der Waals surface area contributed by atoms with Crippen LogP contribution in [0.15, 0.2) is 18.2 Å². The minimum atomic E-state index is -3.96. The second kappa shape index (κ2) is 3.71. The molecule has 0 unspecified atom stereocenters. The maximum absolute atomic E-state index is 12.4. The van der Waals surface area contributed by atoms with Crippen LogP contribution in [0.1, 0.15) is 10.4 Å². The summed E-state index contributed by atoms with van der Waals surface area (Å²) in [5.74, 6) is -1.56. The van der Waals surface area contributed by atoms with Crippen molar-refractivity contribution < 1.29 is 13.6 Å². The molecule has 0 aliphatic carbocycles. The molecular formula is C8H5Cl2F2NO. The number of carbonyl (C=O) groups is 1. The first kappa shape index (κ1) is 11.2. The van der Waals surface area contributed by atoms with Gasteiger partial charge in [-0.1, -0.05) is 11.6 Å². The SMILES string of the molecule is Nc1ccc(Cl)cc1C(=O)C(F)(F)Cl. The van der Waals surface area contributed by atoms with Crippen molar-refractivity contribution in [1.29, 1.82) is 0 Å². The predicted molar refractivity (Wildman–Crippen MR) is 51.0 cm³/mol. The highest BCUT2D eigenvalue weighted by Crippen LogP contribution is 2.28. The zero-order chi connectivity index (χ0) is 10.9. The quantitative estimate of drug-likeness (QED) is 0.490. The van der Waals surface area contributed by atoms with Crippen molar-refractivity contribution in [3.8, 4) is 0 Å². The molecule has 0 heterocycles. The third-order valence-corrected chi connectivity index (χ3v) is 1.92. The maximum Gasteiger partial charge on any atom is 0.385 e. The Morgan fingerprint density at radius 1 is 1.43 bits per heavy atom. The lowest BCUT2D eigenvalue weighted by molar-refractivity contribution is 0.0537. The van der Waals surface area contributed by atoms with Gasteiger partial charge in [0.05, 0.1) is 0 Å². The molecule has 0 saturated heterocycles. The van der Waals surface area contributed by atoms with Crippen molar-refractivity contribution in [1.82, 2.24) is 0 Å². The molecule has 2 nitrogen and oxygen atoms in total. The molecule has 0 aromatic heterocycles. The fourth-order valence-corrected chi connectivity index (χ4v) is 1.15. The second-order valence-corrected chi connectivity index (χ2v) is 3.47. The third-order valence-electron chi connectivity index (χ3n) is 1.52. The minimum absolute atomic E-state index is 0.0836. The van der Waals surface area contributed by atoms with Crippen LogP contribution in [-0.4, -0.2) is 11.2 Å². The van der Waals surface area contributed by atoms with E-state index in [1.807, 2.05) is 0 Å². The lowest BCUT2D eigenvalue weighted by atomic mass is 10.1. The van der Waals surface area contributed by atoms with Crippen LogP contribution in [0.2, 0.25) is 5.02 Å². The summed E-state index contributed by atoms with van der Waals surface area (Å²) in [6.45, 7) is 0. The van der Waals surface area contributed by atoms with E-state index in [9.17, 15) is 13.6 Å². The molecule has 1 aromatic carbocycles. The lowest BCUT2D eigenvalue weighted by Gasteiger charge is -2.08. The average Bonchev–Trinajstić information content (AvgIpc) is 2.06.